The van der Waals surface area contributed by atoms with Crippen molar-refractivity contribution in [3.63, 3.8) is 0 Å². The van der Waals surface area contributed by atoms with Crippen molar-refractivity contribution in [1.29, 1.82) is 0 Å². The summed E-state index contributed by atoms with van der Waals surface area (Å²) in [6, 6.07) is 5.06. The minimum Gasteiger partial charge on any atom is -0.495 e. The summed E-state index contributed by atoms with van der Waals surface area (Å²) in [5, 5.41) is 0.426. The SMILES string of the molecule is CCCCC(=O)N1CCCN(C(=O)c2ccc(OC)c(Cl)c2)CC1. The average molecular weight is 353 g/mol. The maximum Gasteiger partial charge on any atom is 0.253 e. The lowest BCUT2D eigenvalue weighted by atomic mass is 10.2. The largest absolute Gasteiger partial charge is 0.495 e. The number of amides is 2. The highest BCUT2D eigenvalue weighted by molar-refractivity contribution is 6.32. The Kier molecular flexibility index (Phi) is 6.91. The molecule has 1 fully saturated rings. The quantitative estimate of drug-likeness (QED) is 0.817. The van der Waals surface area contributed by atoms with Crippen molar-refractivity contribution < 1.29 is 14.3 Å². The minimum atomic E-state index is -0.0533. The lowest BCUT2D eigenvalue weighted by Gasteiger charge is -2.22. The van der Waals surface area contributed by atoms with E-state index in [1.807, 2.05) is 4.90 Å². The van der Waals surface area contributed by atoms with Crippen LogP contribution >= 0.6 is 11.6 Å². The van der Waals surface area contributed by atoms with Crippen molar-refractivity contribution in [3.05, 3.63) is 28.8 Å². The molecule has 1 heterocycles. The number of halogens is 1. The predicted octanol–water partition coefficient (Wildman–Crippen LogP) is 3.21. The van der Waals surface area contributed by atoms with Gasteiger partial charge in [-0.05, 0) is 31.0 Å². The van der Waals surface area contributed by atoms with E-state index in [1.54, 1.807) is 30.2 Å². The van der Waals surface area contributed by atoms with E-state index in [-0.39, 0.29) is 11.8 Å². The standard InChI is InChI=1S/C18H25ClN2O3/c1-3-4-6-17(22)20-9-5-10-21(12-11-20)18(23)14-7-8-16(24-2)15(19)13-14/h7-8,13H,3-6,9-12H2,1-2H3. The molecule has 0 spiro atoms. The molecule has 132 valence electrons. The van der Waals surface area contributed by atoms with Gasteiger partial charge in [0, 0.05) is 38.2 Å². The zero-order valence-corrected chi connectivity index (χ0v) is 15.1. The molecule has 2 rings (SSSR count). The van der Waals surface area contributed by atoms with Gasteiger partial charge in [-0.1, -0.05) is 24.9 Å². The molecule has 2 amide bonds. The average Bonchev–Trinajstić information content (AvgIpc) is 2.85. The number of hydrogen-bond acceptors (Lipinski definition) is 3. The van der Waals surface area contributed by atoms with E-state index in [2.05, 4.69) is 6.92 Å². The summed E-state index contributed by atoms with van der Waals surface area (Å²) in [6.45, 7) is 4.60. The summed E-state index contributed by atoms with van der Waals surface area (Å²) < 4.78 is 5.12. The number of unbranched alkanes of at least 4 members (excludes halogenated alkanes) is 1. The van der Waals surface area contributed by atoms with Crippen molar-refractivity contribution in [2.75, 3.05) is 33.3 Å². The third-order valence-corrected chi connectivity index (χ3v) is 4.57. The van der Waals surface area contributed by atoms with Crippen molar-refractivity contribution in [1.82, 2.24) is 9.80 Å². The number of ether oxygens (including phenoxy) is 1. The fourth-order valence-electron chi connectivity index (χ4n) is 2.84. The van der Waals surface area contributed by atoms with Crippen LogP contribution in [0.25, 0.3) is 0 Å². The Bertz CT molecular complexity index is 592. The smallest absolute Gasteiger partial charge is 0.253 e. The van der Waals surface area contributed by atoms with Gasteiger partial charge in [0.1, 0.15) is 5.75 Å². The molecule has 0 atom stereocenters. The third-order valence-electron chi connectivity index (χ3n) is 4.28. The van der Waals surface area contributed by atoms with Crippen LogP contribution in [0.2, 0.25) is 5.02 Å². The van der Waals surface area contributed by atoms with Crippen molar-refractivity contribution in [2.24, 2.45) is 0 Å². The first-order chi connectivity index (χ1) is 11.6. The molecule has 5 nitrogen and oxygen atoms in total. The molecule has 6 heteroatoms. The van der Waals surface area contributed by atoms with Crippen LogP contribution in [0.3, 0.4) is 0 Å². The van der Waals surface area contributed by atoms with Crippen molar-refractivity contribution >= 4 is 23.4 Å². The van der Waals surface area contributed by atoms with Crippen LogP contribution in [0.1, 0.15) is 43.0 Å². The highest BCUT2D eigenvalue weighted by atomic mass is 35.5. The Morgan fingerprint density at radius 1 is 1.17 bits per heavy atom. The Hall–Kier alpha value is -1.75. The fraction of sp³-hybridized carbons (Fsp3) is 0.556. The second-order valence-electron chi connectivity index (χ2n) is 5.98. The Balaban J connectivity index is 1.99. The first kappa shape index (κ1) is 18.6. The molecule has 0 aromatic heterocycles. The second kappa shape index (κ2) is 8.92. The van der Waals surface area contributed by atoms with Crippen LogP contribution in [0, 0.1) is 0 Å². The molecule has 1 saturated heterocycles. The van der Waals surface area contributed by atoms with E-state index in [0.717, 1.165) is 25.8 Å². The van der Waals surface area contributed by atoms with E-state index in [1.165, 1.54) is 0 Å². The van der Waals surface area contributed by atoms with Gasteiger partial charge in [-0.25, -0.2) is 0 Å². The van der Waals surface area contributed by atoms with E-state index in [4.69, 9.17) is 16.3 Å². The molecular weight excluding hydrogens is 328 g/mol. The Morgan fingerprint density at radius 2 is 1.88 bits per heavy atom. The molecule has 0 unspecified atom stereocenters. The van der Waals surface area contributed by atoms with Crippen LogP contribution in [-0.4, -0.2) is 54.9 Å². The van der Waals surface area contributed by atoms with E-state index in [9.17, 15) is 9.59 Å². The molecule has 1 aromatic carbocycles. The molecule has 0 N–H and O–H groups in total. The summed E-state index contributed by atoms with van der Waals surface area (Å²) in [4.78, 5) is 28.5. The molecule has 0 aliphatic carbocycles. The first-order valence-electron chi connectivity index (χ1n) is 8.47. The highest BCUT2D eigenvalue weighted by Gasteiger charge is 2.23. The van der Waals surface area contributed by atoms with Gasteiger partial charge in [0.2, 0.25) is 5.91 Å². The molecule has 24 heavy (non-hydrogen) atoms. The van der Waals surface area contributed by atoms with E-state index >= 15 is 0 Å². The number of benzene rings is 1. The topological polar surface area (TPSA) is 49.9 Å². The lowest BCUT2D eigenvalue weighted by molar-refractivity contribution is -0.131. The Labute approximate surface area is 148 Å². The molecule has 0 saturated carbocycles. The van der Waals surface area contributed by atoms with Crippen LogP contribution in [0.4, 0.5) is 0 Å². The van der Waals surface area contributed by atoms with Gasteiger partial charge in [0.25, 0.3) is 5.91 Å². The number of hydrogen-bond donors (Lipinski definition) is 0. The molecule has 0 bridgehead atoms. The zero-order valence-electron chi connectivity index (χ0n) is 14.4. The monoisotopic (exact) mass is 352 g/mol. The van der Waals surface area contributed by atoms with Crippen LogP contribution in [0.15, 0.2) is 18.2 Å². The Morgan fingerprint density at radius 3 is 2.54 bits per heavy atom. The van der Waals surface area contributed by atoms with Gasteiger partial charge in [-0.15, -0.1) is 0 Å². The van der Waals surface area contributed by atoms with Gasteiger partial charge in [0.05, 0.1) is 12.1 Å². The van der Waals surface area contributed by atoms with E-state index in [0.29, 0.717) is 42.4 Å². The summed E-state index contributed by atoms with van der Waals surface area (Å²) in [6.07, 6.45) is 3.33. The molecule has 0 radical (unpaired) electrons. The highest BCUT2D eigenvalue weighted by Crippen LogP contribution is 2.25. The van der Waals surface area contributed by atoms with Crippen molar-refractivity contribution in [3.8, 4) is 5.75 Å². The molecule has 1 aliphatic rings. The van der Waals surface area contributed by atoms with Crippen LogP contribution < -0.4 is 4.74 Å². The summed E-state index contributed by atoms with van der Waals surface area (Å²) in [5.74, 6) is 0.692. The van der Waals surface area contributed by atoms with Crippen LogP contribution in [0.5, 0.6) is 5.75 Å². The summed E-state index contributed by atoms with van der Waals surface area (Å²) in [7, 11) is 1.54. The zero-order chi connectivity index (χ0) is 17.5. The second-order valence-corrected chi connectivity index (χ2v) is 6.39. The normalized spacial score (nSPS) is 15.1. The van der Waals surface area contributed by atoms with Gasteiger partial charge in [-0.2, -0.15) is 0 Å². The minimum absolute atomic E-state index is 0.0533. The predicted molar refractivity (Wildman–Crippen MR) is 94.6 cm³/mol. The molecular formula is C18H25ClN2O3. The maximum atomic E-state index is 12.7. The van der Waals surface area contributed by atoms with Gasteiger partial charge in [-0.3, -0.25) is 9.59 Å². The number of carbonyl (C=O) groups excluding carboxylic acids is 2. The van der Waals surface area contributed by atoms with Crippen LogP contribution in [-0.2, 0) is 4.79 Å². The number of nitrogens with zero attached hydrogens (tertiary/aromatic N) is 2. The first-order valence-corrected chi connectivity index (χ1v) is 8.85. The number of methoxy groups -OCH3 is 1. The van der Waals surface area contributed by atoms with Gasteiger partial charge < -0.3 is 14.5 Å². The summed E-state index contributed by atoms with van der Waals surface area (Å²) in [5.41, 5.74) is 0.548. The lowest BCUT2D eigenvalue weighted by Crippen LogP contribution is -2.37. The maximum absolute atomic E-state index is 12.7. The van der Waals surface area contributed by atoms with Crippen molar-refractivity contribution in [2.45, 2.75) is 32.6 Å². The number of rotatable bonds is 5. The van der Waals surface area contributed by atoms with Gasteiger partial charge >= 0.3 is 0 Å². The van der Waals surface area contributed by atoms with Gasteiger partial charge in [0.15, 0.2) is 0 Å². The third kappa shape index (κ3) is 4.63. The molecule has 1 aliphatic heterocycles. The number of carbonyl (C=O) groups is 2. The summed E-state index contributed by atoms with van der Waals surface area (Å²) >= 11 is 6.11. The van der Waals surface area contributed by atoms with E-state index < -0.39 is 0 Å². The molecule has 1 aromatic rings. The fourth-order valence-corrected chi connectivity index (χ4v) is 3.10.